The molecule has 0 aromatic carbocycles. The zero-order chi connectivity index (χ0) is 13.9. The molecule has 110 valence electrons. The van der Waals surface area contributed by atoms with Gasteiger partial charge < -0.3 is 4.74 Å². The summed E-state index contributed by atoms with van der Waals surface area (Å²) in [5.41, 5.74) is 0.318. The van der Waals surface area contributed by atoms with Crippen LogP contribution in [-0.4, -0.2) is 19.1 Å². The summed E-state index contributed by atoms with van der Waals surface area (Å²) in [5, 5.41) is 0. The van der Waals surface area contributed by atoms with E-state index in [1.54, 1.807) is 0 Å². The molecule has 0 aliphatic rings. The molecule has 0 aromatic rings. The third-order valence-corrected chi connectivity index (χ3v) is 4.47. The van der Waals surface area contributed by atoms with E-state index in [1.165, 1.54) is 57.8 Å². The quantitative estimate of drug-likeness (QED) is 0.410. The zero-order valence-corrected chi connectivity index (χ0v) is 13.7. The highest BCUT2D eigenvalue weighted by molar-refractivity contribution is 6.18. The second-order valence-electron chi connectivity index (χ2n) is 5.55. The van der Waals surface area contributed by atoms with Crippen LogP contribution in [0, 0.1) is 5.41 Å². The van der Waals surface area contributed by atoms with Crippen molar-refractivity contribution in [2.75, 3.05) is 13.0 Å². The Morgan fingerprint density at radius 1 is 0.889 bits per heavy atom. The van der Waals surface area contributed by atoms with Crippen molar-refractivity contribution in [1.82, 2.24) is 0 Å². The number of methoxy groups -OCH3 is 1. The maximum atomic E-state index is 6.16. The van der Waals surface area contributed by atoms with Gasteiger partial charge in [0.1, 0.15) is 0 Å². The molecule has 18 heavy (non-hydrogen) atoms. The van der Waals surface area contributed by atoms with Crippen molar-refractivity contribution in [1.29, 1.82) is 0 Å². The van der Waals surface area contributed by atoms with Gasteiger partial charge in [0, 0.05) is 13.0 Å². The van der Waals surface area contributed by atoms with Gasteiger partial charge in [-0.15, -0.1) is 11.6 Å². The number of hydrogen-bond donors (Lipinski definition) is 0. The standard InChI is InChI=1S/C16H33ClO/c1-5-8-11-16(12-9-6-2,13-10-7-3)15(14-17)18-4/h15H,5-14H2,1-4H3. The first-order valence-corrected chi connectivity index (χ1v) is 8.32. The Hall–Kier alpha value is 0.250. The lowest BCUT2D eigenvalue weighted by Gasteiger charge is -2.40. The van der Waals surface area contributed by atoms with Crippen LogP contribution in [0.4, 0.5) is 0 Å². The van der Waals surface area contributed by atoms with Crippen molar-refractivity contribution in [3.8, 4) is 0 Å². The third-order valence-electron chi connectivity index (χ3n) is 4.19. The van der Waals surface area contributed by atoms with Gasteiger partial charge in [-0.05, 0) is 24.7 Å². The molecule has 1 nitrogen and oxygen atoms in total. The van der Waals surface area contributed by atoms with Gasteiger partial charge in [0.05, 0.1) is 6.10 Å². The molecule has 0 N–H and O–H groups in total. The summed E-state index contributed by atoms with van der Waals surface area (Å²) in [4.78, 5) is 0. The van der Waals surface area contributed by atoms with Crippen molar-refractivity contribution in [3.63, 3.8) is 0 Å². The predicted molar refractivity (Wildman–Crippen MR) is 82.5 cm³/mol. The van der Waals surface area contributed by atoms with Crippen molar-refractivity contribution >= 4 is 11.6 Å². The summed E-state index contributed by atoms with van der Waals surface area (Å²) in [6.07, 6.45) is 11.7. The summed E-state index contributed by atoms with van der Waals surface area (Å²) in [5.74, 6) is 0.633. The first-order valence-electron chi connectivity index (χ1n) is 7.79. The van der Waals surface area contributed by atoms with E-state index in [4.69, 9.17) is 16.3 Å². The second kappa shape index (κ2) is 11.1. The average molecular weight is 277 g/mol. The summed E-state index contributed by atoms with van der Waals surface area (Å²) in [6.45, 7) is 6.81. The fourth-order valence-electron chi connectivity index (χ4n) is 2.92. The van der Waals surface area contributed by atoms with Gasteiger partial charge >= 0.3 is 0 Å². The Bertz CT molecular complexity index is 156. The van der Waals surface area contributed by atoms with E-state index in [-0.39, 0.29) is 6.10 Å². The number of rotatable bonds is 12. The number of ether oxygens (including phenoxy) is 1. The first kappa shape index (κ1) is 18.2. The van der Waals surface area contributed by atoms with Gasteiger partial charge in [-0.3, -0.25) is 0 Å². The van der Waals surface area contributed by atoms with Crippen LogP contribution in [0.25, 0.3) is 0 Å². The average Bonchev–Trinajstić information content (AvgIpc) is 2.41. The Kier molecular flexibility index (Phi) is 11.3. The van der Waals surface area contributed by atoms with Crippen molar-refractivity contribution < 1.29 is 4.74 Å². The summed E-state index contributed by atoms with van der Waals surface area (Å²) >= 11 is 6.16. The minimum Gasteiger partial charge on any atom is -0.380 e. The molecule has 0 amide bonds. The molecule has 0 aromatic heterocycles. The van der Waals surface area contributed by atoms with Crippen molar-refractivity contribution in [2.24, 2.45) is 5.41 Å². The third kappa shape index (κ3) is 5.93. The molecule has 0 heterocycles. The van der Waals surface area contributed by atoms with E-state index in [0.717, 1.165) is 0 Å². The number of hydrogen-bond acceptors (Lipinski definition) is 1. The van der Waals surface area contributed by atoms with E-state index in [1.807, 2.05) is 7.11 Å². The van der Waals surface area contributed by atoms with Crippen LogP contribution >= 0.6 is 11.6 Å². The molecule has 2 heteroatoms. The molecule has 0 radical (unpaired) electrons. The van der Waals surface area contributed by atoms with Crippen LogP contribution in [0.1, 0.15) is 78.6 Å². The Labute approximate surface area is 120 Å². The van der Waals surface area contributed by atoms with Gasteiger partial charge in [0.15, 0.2) is 0 Å². The van der Waals surface area contributed by atoms with Crippen molar-refractivity contribution in [2.45, 2.75) is 84.7 Å². The molecule has 0 spiro atoms. The Morgan fingerprint density at radius 3 is 1.50 bits per heavy atom. The Balaban J connectivity index is 4.82. The molecular weight excluding hydrogens is 244 g/mol. The fraction of sp³-hybridized carbons (Fsp3) is 1.00. The number of halogens is 1. The summed E-state index contributed by atoms with van der Waals surface area (Å²) in [6, 6.07) is 0. The lowest BCUT2D eigenvalue weighted by atomic mass is 9.70. The Morgan fingerprint density at radius 2 is 1.28 bits per heavy atom. The van der Waals surface area contributed by atoms with Gasteiger partial charge in [-0.1, -0.05) is 59.3 Å². The molecule has 0 aliphatic heterocycles. The van der Waals surface area contributed by atoms with E-state index < -0.39 is 0 Å². The van der Waals surface area contributed by atoms with Gasteiger partial charge in [0.25, 0.3) is 0 Å². The SMILES string of the molecule is CCCCC(CCCC)(CCCC)C(CCl)OC. The first-order chi connectivity index (χ1) is 8.70. The second-order valence-corrected chi connectivity index (χ2v) is 5.86. The lowest BCUT2D eigenvalue weighted by Crippen LogP contribution is -2.38. The van der Waals surface area contributed by atoms with Crippen LogP contribution in [0.2, 0.25) is 0 Å². The number of alkyl halides is 1. The molecule has 0 fully saturated rings. The molecule has 0 bridgehead atoms. The predicted octanol–water partition coefficient (Wildman–Crippen LogP) is 5.80. The molecule has 0 aliphatic carbocycles. The molecule has 0 rings (SSSR count). The van der Waals surface area contributed by atoms with E-state index in [0.29, 0.717) is 11.3 Å². The highest BCUT2D eigenvalue weighted by atomic mass is 35.5. The fourth-order valence-corrected chi connectivity index (χ4v) is 3.37. The molecule has 1 unspecified atom stereocenters. The number of unbranched alkanes of at least 4 members (excludes halogenated alkanes) is 3. The van der Waals surface area contributed by atoms with Crippen LogP contribution in [0.5, 0.6) is 0 Å². The van der Waals surface area contributed by atoms with Crippen molar-refractivity contribution in [3.05, 3.63) is 0 Å². The maximum absolute atomic E-state index is 6.16. The summed E-state index contributed by atoms with van der Waals surface area (Å²) < 4.78 is 5.72. The van der Waals surface area contributed by atoms with Crippen LogP contribution in [0.3, 0.4) is 0 Å². The molecule has 1 atom stereocenters. The van der Waals surface area contributed by atoms with Gasteiger partial charge in [-0.25, -0.2) is 0 Å². The molecular formula is C16H33ClO. The van der Waals surface area contributed by atoms with Crippen LogP contribution in [-0.2, 0) is 4.74 Å². The van der Waals surface area contributed by atoms with Gasteiger partial charge in [0.2, 0.25) is 0 Å². The van der Waals surface area contributed by atoms with E-state index >= 15 is 0 Å². The topological polar surface area (TPSA) is 9.23 Å². The van der Waals surface area contributed by atoms with Crippen LogP contribution in [0.15, 0.2) is 0 Å². The normalized spacial score (nSPS) is 13.8. The monoisotopic (exact) mass is 276 g/mol. The smallest absolute Gasteiger partial charge is 0.0762 e. The van der Waals surface area contributed by atoms with Gasteiger partial charge in [-0.2, -0.15) is 0 Å². The molecule has 0 saturated carbocycles. The van der Waals surface area contributed by atoms with E-state index in [2.05, 4.69) is 20.8 Å². The minimum absolute atomic E-state index is 0.226. The maximum Gasteiger partial charge on any atom is 0.0762 e. The van der Waals surface area contributed by atoms with Crippen LogP contribution < -0.4 is 0 Å². The zero-order valence-electron chi connectivity index (χ0n) is 12.9. The van der Waals surface area contributed by atoms with E-state index in [9.17, 15) is 0 Å². The highest BCUT2D eigenvalue weighted by Gasteiger charge is 2.36. The minimum atomic E-state index is 0.226. The lowest BCUT2D eigenvalue weighted by molar-refractivity contribution is -0.0185. The molecule has 0 saturated heterocycles. The summed E-state index contributed by atoms with van der Waals surface area (Å²) in [7, 11) is 1.83. The largest absolute Gasteiger partial charge is 0.380 e. The highest BCUT2D eigenvalue weighted by Crippen LogP contribution is 2.41.